The standard InChI is InChI=1S/C21H24N2O2S/c1-25-14-13-23(15-17-7-3-2-4-8-17)21(24)22-12-11-18-16-26-20-10-6-5-9-19(18)20/h2-10,16H,11-15H2,1H3,(H,22,24). The van der Waals surface area contributed by atoms with Crippen LogP contribution in [0.4, 0.5) is 4.79 Å². The van der Waals surface area contributed by atoms with Gasteiger partial charge in [0.15, 0.2) is 0 Å². The lowest BCUT2D eigenvalue weighted by atomic mass is 10.1. The van der Waals surface area contributed by atoms with Crippen molar-refractivity contribution in [1.82, 2.24) is 10.2 Å². The Bertz CT molecular complexity index is 832. The van der Waals surface area contributed by atoms with E-state index in [0.29, 0.717) is 26.2 Å². The zero-order chi connectivity index (χ0) is 18.2. The maximum atomic E-state index is 12.6. The molecule has 2 amide bonds. The normalized spacial score (nSPS) is 10.8. The van der Waals surface area contributed by atoms with Crippen LogP contribution in [-0.2, 0) is 17.7 Å². The van der Waals surface area contributed by atoms with Gasteiger partial charge in [-0.1, -0.05) is 48.5 Å². The van der Waals surface area contributed by atoms with Crippen LogP contribution in [0.3, 0.4) is 0 Å². The van der Waals surface area contributed by atoms with Gasteiger partial charge in [-0.2, -0.15) is 0 Å². The number of amides is 2. The van der Waals surface area contributed by atoms with Gasteiger partial charge in [-0.25, -0.2) is 4.79 Å². The van der Waals surface area contributed by atoms with Crippen molar-refractivity contribution in [2.75, 3.05) is 26.8 Å². The number of hydrogen-bond donors (Lipinski definition) is 1. The predicted molar refractivity (Wildman–Crippen MR) is 108 cm³/mol. The van der Waals surface area contributed by atoms with E-state index < -0.39 is 0 Å². The molecule has 4 nitrogen and oxygen atoms in total. The number of fused-ring (bicyclic) bond motifs is 1. The van der Waals surface area contributed by atoms with Crippen LogP contribution in [0, 0.1) is 0 Å². The van der Waals surface area contributed by atoms with E-state index in [2.05, 4.69) is 35.0 Å². The summed E-state index contributed by atoms with van der Waals surface area (Å²) in [5.74, 6) is 0. The summed E-state index contributed by atoms with van der Waals surface area (Å²) in [6.45, 7) is 2.29. The van der Waals surface area contributed by atoms with Gasteiger partial charge < -0.3 is 15.0 Å². The van der Waals surface area contributed by atoms with Gasteiger partial charge in [0.05, 0.1) is 6.61 Å². The Labute approximate surface area is 158 Å². The number of nitrogens with one attached hydrogen (secondary N) is 1. The van der Waals surface area contributed by atoms with Gasteiger partial charge in [-0.3, -0.25) is 0 Å². The third-order valence-electron chi connectivity index (χ3n) is 4.30. The van der Waals surface area contributed by atoms with Crippen LogP contribution in [-0.4, -0.2) is 37.7 Å². The SMILES string of the molecule is COCCN(Cc1ccccc1)C(=O)NCCc1csc2ccccc12. The Morgan fingerprint density at radius 3 is 2.69 bits per heavy atom. The van der Waals surface area contributed by atoms with E-state index in [4.69, 9.17) is 4.74 Å². The molecule has 0 bridgehead atoms. The Morgan fingerprint density at radius 2 is 1.88 bits per heavy atom. The molecule has 1 N–H and O–H groups in total. The minimum atomic E-state index is -0.0505. The molecular weight excluding hydrogens is 344 g/mol. The van der Waals surface area contributed by atoms with Crippen molar-refractivity contribution >= 4 is 27.5 Å². The highest BCUT2D eigenvalue weighted by atomic mass is 32.1. The summed E-state index contributed by atoms with van der Waals surface area (Å²) in [7, 11) is 1.65. The highest BCUT2D eigenvalue weighted by molar-refractivity contribution is 7.17. The number of hydrogen-bond acceptors (Lipinski definition) is 3. The molecule has 136 valence electrons. The highest BCUT2D eigenvalue weighted by Gasteiger charge is 2.13. The first-order valence-electron chi connectivity index (χ1n) is 8.78. The number of ether oxygens (including phenoxy) is 1. The number of urea groups is 1. The Morgan fingerprint density at radius 1 is 1.12 bits per heavy atom. The fourth-order valence-corrected chi connectivity index (χ4v) is 3.90. The molecule has 1 aromatic heterocycles. The predicted octanol–water partition coefficient (Wildman–Crippen LogP) is 4.30. The monoisotopic (exact) mass is 368 g/mol. The van der Waals surface area contributed by atoms with Crippen LogP contribution in [0.5, 0.6) is 0 Å². The zero-order valence-electron chi connectivity index (χ0n) is 15.0. The van der Waals surface area contributed by atoms with E-state index in [1.165, 1.54) is 15.6 Å². The molecule has 1 heterocycles. The lowest BCUT2D eigenvalue weighted by Crippen LogP contribution is -2.41. The lowest BCUT2D eigenvalue weighted by molar-refractivity contribution is 0.146. The average molecular weight is 369 g/mol. The molecule has 5 heteroatoms. The zero-order valence-corrected chi connectivity index (χ0v) is 15.8. The van der Waals surface area contributed by atoms with E-state index in [1.807, 2.05) is 30.3 Å². The van der Waals surface area contributed by atoms with Gasteiger partial charge in [-0.05, 0) is 34.4 Å². The van der Waals surface area contributed by atoms with E-state index >= 15 is 0 Å². The second kappa shape index (κ2) is 9.36. The van der Waals surface area contributed by atoms with Crippen molar-refractivity contribution in [1.29, 1.82) is 0 Å². The van der Waals surface area contributed by atoms with Gasteiger partial charge in [-0.15, -0.1) is 11.3 Å². The number of carbonyl (C=O) groups excluding carboxylic acids is 1. The number of rotatable bonds is 8. The van der Waals surface area contributed by atoms with Crippen molar-refractivity contribution in [3.8, 4) is 0 Å². The van der Waals surface area contributed by atoms with Gasteiger partial charge in [0, 0.05) is 31.4 Å². The van der Waals surface area contributed by atoms with E-state index in [0.717, 1.165) is 12.0 Å². The van der Waals surface area contributed by atoms with Crippen molar-refractivity contribution in [2.24, 2.45) is 0 Å². The highest BCUT2D eigenvalue weighted by Crippen LogP contribution is 2.25. The number of thiophene rings is 1. The fourth-order valence-electron chi connectivity index (χ4n) is 2.90. The summed E-state index contributed by atoms with van der Waals surface area (Å²) in [5, 5.41) is 6.52. The van der Waals surface area contributed by atoms with Gasteiger partial charge in [0.25, 0.3) is 0 Å². The molecule has 2 aromatic carbocycles. The summed E-state index contributed by atoms with van der Waals surface area (Å²) in [4.78, 5) is 14.4. The van der Waals surface area contributed by atoms with Crippen LogP contribution in [0.15, 0.2) is 60.0 Å². The van der Waals surface area contributed by atoms with Gasteiger partial charge in [0.2, 0.25) is 0 Å². The number of carbonyl (C=O) groups is 1. The maximum Gasteiger partial charge on any atom is 0.317 e. The second-order valence-corrected chi connectivity index (χ2v) is 7.05. The third-order valence-corrected chi connectivity index (χ3v) is 5.31. The summed E-state index contributed by atoms with van der Waals surface area (Å²) in [6, 6.07) is 18.4. The Hall–Kier alpha value is -2.37. The van der Waals surface area contributed by atoms with Gasteiger partial charge >= 0.3 is 6.03 Å². The van der Waals surface area contributed by atoms with E-state index in [1.54, 1.807) is 23.3 Å². The fraction of sp³-hybridized carbons (Fsp3) is 0.286. The molecule has 0 saturated heterocycles. The quantitative estimate of drug-likeness (QED) is 0.644. The summed E-state index contributed by atoms with van der Waals surface area (Å²) in [5.41, 5.74) is 2.40. The maximum absolute atomic E-state index is 12.6. The molecule has 0 aliphatic heterocycles. The van der Waals surface area contributed by atoms with Crippen molar-refractivity contribution < 1.29 is 9.53 Å². The minimum absolute atomic E-state index is 0.0505. The topological polar surface area (TPSA) is 41.6 Å². The molecular formula is C21H24N2O2S. The van der Waals surface area contributed by atoms with Crippen LogP contribution < -0.4 is 5.32 Å². The molecule has 0 aliphatic carbocycles. The molecule has 3 aromatic rings. The van der Waals surface area contributed by atoms with Crippen molar-refractivity contribution in [3.63, 3.8) is 0 Å². The molecule has 0 atom stereocenters. The molecule has 0 spiro atoms. The Kier molecular flexibility index (Phi) is 6.63. The largest absolute Gasteiger partial charge is 0.383 e. The Balaban J connectivity index is 1.56. The van der Waals surface area contributed by atoms with Gasteiger partial charge in [0.1, 0.15) is 0 Å². The molecule has 0 radical (unpaired) electrons. The first kappa shape index (κ1) is 18.4. The van der Waals surface area contributed by atoms with Crippen LogP contribution in [0.1, 0.15) is 11.1 Å². The number of methoxy groups -OCH3 is 1. The molecule has 0 aliphatic rings. The molecule has 0 unspecified atom stereocenters. The van der Waals surface area contributed by atoms with Crippen LogP contribution >= 0.6 is 11.3 Å². The second-order valence-electron chi connectivity index (χ2n) is 6.14. The summed E-state index contributed by atoms with van der Waals surface area (Å²) in [6.07, 6.45) is 0.833. The van der Waals surface area contributed by atoms with Crippen LogP contribution in [0.25, 0.3) is 10.1 Å². The minimum Gasteiger partial charge on any atom is -0.383 e. The first-order chi connectivity index (χ1) is 12.8. The molecule has 0 fully saturated rings. The van der Waals surface area contributed by atoms with Crippen molar-refractivity contribution in [2.45, 2.75) is 13.0 Å². The average Bonchev–Trinajstić information content (AvgIpc) is 3.09. The molecule has 26 heavy (non-hydrogen) atoms. The first-order valence-corrected chi connectivity index (χ1v) is 9.66. The van der Waals surface area contributed by atoms with Crippen LogP contribution in [0.2, 0.25) is 0 Å². The summed E-state index contributed by atoms with van der Waals surface area (Å²) >= 11 is 1.75. The summed E-state index contributed by atoms with van der Waals surface area (Å²) < 4.78 is 6.44. The third kappa shape index (κ3) is 4.84. The van der Waals surface area contributed by atoms with Crippen molar-refractivity contribution in [3.05, 3.63) is 71.1 Å². The smallest absolute Gasteiger partial charge is 0.317 e. The van der Waals surface area contributed by atoms with E-state index in [-0.39, 0.29) is 6.03 Å². The number of benzene rings is 2. The lowest BCUT2D eigenvalue weighted by Gasteiger charge is -2.23. The van der Waals surface area contributed by atoms with E-state index in [9.17, 15) is 4.79 Å². The molecule has 3 rings (SSSR count). The number of nitrogens with zero attached hydrogens (tertiary/aromatic N) is 1. The molecule has 0 saturated carbocycles.